The minimum atomic E-state index is -1.05. The van der Waals surface area contributed by atoms with Crippen LogP contribution in [0.25, 0.3) is 11.1 Å². The summed E-state index contributed by atoms with van der Waals surface area (Å²) in [6, 6.07) is 5.07. The molecule has 1 amide bonds. The van der Waals surface area contributed by atoms with Gasteiger partial charge in [0.1, 0.15) is 11.1 Å². The molecule has 1 saturated heterocycles. The molecule has 0 aliphatic carbocycles. The Morgan fingerprint density at radius 1 is 1.21 bits per heavy atom. The topological polar surface area (TPSA) is 96.1 Å². The molecule has 148 valence electrons. The van der Waals surface area contributed by atoms with Crippen LogP contribution in [0.1, 0.15) is 45.0 Å². The molecular formula is C19H26LiN3O5. The van der Waals surface area contributed by atoms with Crippen LogP contribution in [0.15, 0.2) is 22.6 Å². The average molecular weight is 383 g/mol. The van der Waals surface area contributed by atoms with Crippen LogP contribution < -0.4 is 4.90 Å². The molecule has 0 bridgehead atoms. The number of anilines is 1. The molecule has 1 aromatic heterocycles. The van der Waals surface area contributed by atoms with E-state index in [1.54, 1.807) is 17.0 Å². The van der Waals surface area contributed by atoms with Crippen molar-refractivity contribution in [2.45, 2.75) is 52.3 Å². The van der Waals surface area contributed by atoms with Gasteiger partial charge in [0, 0.05) is 25.2 Å². The van der Waals surface area contributed by atoms with Gasteiger partial charge >= 0.3 is 30.9 Å². The molecule has 2 atom stereocenters. The first-order chi connectivity index (χ1) is 12.6. The van der Waals surface area contributed by atoms with Gasteiger partial charge in [0.25, 0.3) is 6.01 Å². The average Bonchev–Trinajstić information content (AvgIpc) is 2.95. The SMILES string of the molecule is C[C@H]1CN(C(=O)OC(C)(C)C)C[C@H](C)N1c1nc2c(C(=O)O)cccc2o1.[LiH]. The molecular weight excluding hydrogens is 357 g/mol. The summed E-state index contributed by atoms with van der Waals surface area (Å²) in [7, 11) is 0. The second kappa shape index (κ2) is 8.06. The summed E-state index contributed by atoms with van der Waals surface area (Å²) in [6.07, 6.45) is -0.341. The van der Waals surface area contributed by atoms with Crippen molar-refractivity contribution in [1.82, 2.24) is 9.88 Å². The molecule has 1 fully saturated rings. The standard InChI is InChI=1S/C19H25N3O5.Li.H/c1-11-9-21(18(25)27-19(3,4)5)10-12(2)22(11)17-20-15-13(16(23)24)7-6-8-14(15)26-17;;/h6-8,11-12H,9-10H2,1-5H3,(H,23,24);;/t11-,12-;;/m0../s1. The molecule has 1 N–H and O–H groups in total. The number of carboxylic acid groups (broad SMARTS) is 1. The number of piperazine rings is 1. The molecule has 0 spiro atoms. The maximum atomic E-state index is 12.4. The van der Waals surface area contributed by atoms with Crippen LogP contribution in [-0.2, 0) is 4.74 Å². The van der Waals surface area contributed by atoms with Gasteiger partial charge in [-0.15, -0.1) is 0 Å². The number of benzene rings is 1. The Balaban J connectivity index is 0.00000280. The van der Waals surface area contributed by atoms with Crippen molar-refractivity contribution in [2.75, 3.05) is 18.0 Å². The summed E-state index contributed by atoms with van der Waals surface area (Å²) in [5, 5.41) is 9.34. The normalized spacial score (nSPS) is 20.0. The second-order valence-electron chi connectivity index (χ2n) is 7.94. The van der Waals surface area contributed by atoms with Crippen molar-refractivity contribution < 1.29 is 23.8 Å². The van der Waals surface area contributed by atoms with E-state index < -0.39 is 11.6 Å². The summed E-state index contributed by atoms with van der Waals surface area (Å²) < 4.78 is 11.3. The second-order valence-corrected chi connectivity index (χ2v) is 7.94. The van der Waals surface area contributed by atoms with Crippen LogP contribution in [0.4, 0.5) is 10.8 Å². The van der Waals surface area contributed by atoms with E-state index in [1.807, 2.05) is 39.5 Å². The number of amides is 1. The molecule has 1 aliphatic rings. The van der Waals surface area contributed by atoms with Gasteiger partial charge in [-0.25, -0.2) is 9.59 Å². The number of rotatable bonds is 2. The number of fused-ring (bicyclic) bond motifs is 1. The number of ether oxygens (including phenoxy) is 1. The van der Waals surface area contributed by atoms with Crippen LogP contribution in [0.5, 0.6) is 0 Å². The zero-order valence-corrected chi connectivity index (χ0v) is 16.2. The van der Waals surface area contributed by atoms with Crippen molar-refractivity contribution in [1.29, 1.82) is 0 Å². The summed E-state index contributed by atoms with van der Waals surface area (Å²) in [4.78, 5) is 31.9. The van der Waals surface area contributed by atoms with Gasteiger partial charge in [-0.2, -0.15) is 4.98 Å². The van der Waals surface area contributed by atoms with Crippen LogP contribution in [0.2, 0.25) is 0 Å². The molecule has 1 aliphatic heterocycles. The Hall–Kier alpha value is -2.17. The fourth-order valence-electron chi connectivity index (χ4n) is 3.40. The van der Waals surface area contributed by atoms with E-state index >= 15 is 0 Å². The first kappa shape index (κ1) is 22.1. The number of nitrogens with zero attached hydrogens (tertiary/aromatic N) is 3. The van der Waals surface area contributed by atoms with E-state index in [0.29, 0.717) is 30.2 Å². The van der Waals surface area contributed by atoms with Gasteiger partial charge in [-0.3, -0.25) is 0 Å². The third-order valence-electron chi connectivity index (χ3n) is 4.43. The van der Waals surface area contributed by atoms with Crippen LogP contribution in [-0.4, -0.2) is 76.7 Å². The molecule has 0 radical (unpaired) electrons. The summed E-state index contributed by atoms with van der Waals surface area (Å²) in [5.41, 5.74) is 0.317. The van der Waals surface area contributed by atoms with Crippen molar-refractivity contribution in [3.05, 3.63) is 23.8 Å². The van der Waals surface area contributed by atoms with Gasteiger partial charge in [-0.1, -0.05) is 6.07 Å². The number of oxazole rings is 1. The van der Waals surface area contributed by atoms with Gasteiger partial charge < -0.3 is 24.1 Å². The Kier molecular flexibility index (Phi) is 6.36. The number of para-hydroxylation sites is 1. The quantitative estimate of drug-likeness (QED) is 0.797. The Labute approximate surface area is 176 Å². The number of aromatic carboxylic acids is 1. The predicted octanol–water partition coefficient (Wildman–Crippen LogP) is 2.71. The zero-order valence-electron chi connectivity index (χ0n) is 16.2. The third kappa shape index (κ3) is 4.45. The predicted molar refractivity (Wildman–Crippen MR) is 107 cm³/mol. The number of carbonyl (C=O) groups excluding carboxylic acids is 1. The first-order valence-corrected chi connectivity index (χ1v) is 8.96. The monoisotopic (exact) mass is 383 g/mol. The minimum absolute atomic E-state index is 0. The zero-order chi connectivity index (χ0) is 19.9. The summed E-state index contributed by atoms with van der Waals surface area (Å²) in [5.74, 6) is -1.05. The van der Waals surface area contributed by atoms with Crippen LogP contribution in [0, 0.1) is 0 Å². The van der Waals surface area contributed by atoms with Crippen molar-refractivity contribution in [3.63, 3.8) is 0 Å². The molecule has 1 aromatic carbocycles. The van der Waals surface area contributed by atoms with E-state index in [1.165, 1.54) is 6.07 Å². The van der Waals surface area contributed by atoms with Crippen LogP contribution >= 0.6 is 0 Å². The van der Waals surface area contributed by atoms with Gasteiger partial charge in [0.05, 0.1) is 5.56 Å². The number of hydrogen-bond donors (Lipinski definition) is 1. The number of carboxylic acids is 1. The molecule has 2 heterocycles. The number of hydrogen-bond acceptors (Lipinski definition) is 6. The van der Waals surface area contributed by atoms with Crippen molar-refractivity contribution in [2.24, 2.45) is 0 Å². The fourth-order valence-corrected chi connectivity index (χ4v) is 3.40. The van der Waals surface area contributed by atoms with Gasteiger partial charge in [0.2, 0.25) is 0 Å². The van der Waals surface area contributed by atoms with Crippen molar-refractivity contribution in [3.8, 4) is 0 Å². The molecule has 28 heavy (non-hydrogen) atoms. The number of aromatic nitrogens is 1. The Morgan fingerprint density at radius 2 is 1.82 bits per heavy atom. The van der Waals surface area contributed by atoms with E-state index in [2.05, 4.69) is 4.98 Å². The van der Waals surface area contributed by atoms with E-state index in [-0.39, 0.29) is 42.6 Å². The maximum absolute atomic E-state index is 12.4. The number of carbonyl (C=O) groups is 2. The first-order valence-electron chi connectivity index (χ1n) is 8.96. The summed E-state index contributed by atoms with van der Waals surface area (Å²) >= 11 is 0. The van der Waals surface area contributed by atoms with E-state index in [9.17, 15) is 14.7 Å². The summed E-state index contributed by atoms with van der Waals surface area (Å²) in [6.45, 7) is 10.4. The Morgan fingerprint density at radius 3 is 2.36 bits per heavy atom. The molecule has 9 heteroatoms. The molecule has 2 aromatic rings. The third-order valence-corrected chi connectivity index (χ3v) is 4.43. The Bertz CT molecular complexity index is 864. The van der Waals surface area contributed by atoms with Crippen molar-refractivity contribution >= 4 is 48.0 Å². The molecule has 3 rings (SSSR count). The fraction of sp³-hybridized carbons (Fsp3) is 0.526. The van der Waals surface area contributed by atoms with Gasteiger partial charge in [-0.05, 0) is 46.8 Å². The molecule has 8 nitrogen and oxygen atoms in total. The van der Waals surface area contributed by atoms with E-state index in [4.69, 9.17) is 9.15 Å². The molecule has 0 unspecified atom stereocenters. The van der Waals surface area contributed by atoms with Crippen LogP contribution in [0.3, 0.4) is 0 Å². The van der Waals surface area contributed by atoms with Gasteiger partial charge in [0.15, 0.2) is 5.58 Å². The van der Waals surface area contributed by atoms with E-state index in [0.717, 1.165) is 0 Å². The molecule has 0 saturated carbocycles.